The molecule has 0 radical (unpaired) electrons. The van der Waals surface area contributed by atoms with Crippen molar-refractivity contribution in [2.24, 2.45) is 0 Å². The van der Waals surface area contributed by atoms with E-state index >= 15 is 0 Å². The first kappa shape index (κ1) is 16.0. The molecule has 2 heterocycles. The summed E-state index contributed by atoms with van der Waals surface area (Å²) >= 11 is 0. The predicted octanol–water partition coefficient (Wildman–Crippen LogP) is 3.55. The van der Waals surface area contributed by atoms with Crippen LogP contribution in [0.4, 0.5) is 24.5 Å². The Labute approximate surface area is 142 Å². The van der Waals surface area contributed by atoms with Crippen molar-refractivity contribution < 1.29 is 18.0 Å². The third kappa shape index (κ3) is 2.74. The van der Waals surface area contributed by atoms with Crippen LogP contribution >= 0.6 is 0 Å². The van der Waals surface area contributed by atoms with E-state index in [9.17, 15) is 18.0 Å². The average molecular weight is 347 g/mol. The second kappa shape index (κ2) is 5.77. The van der Waals surface area contributed by atoms with Crippen LogP contribution < -0.4 is 10.6 Å². The van der Waals surface area contributed by atoms with Crippen LogP contribution in [0.3, 0.4) is 0 Å². The van der Waals surface area contributed by atoms with Crippen LogP contribution in [-0.2, 0) is 6.18 Å². The van der Waals surface area contributed by atoms with Crippen LogP contribution in [-0.4, -0.2) is 30.4 Å². The molecule has 0 aromatic heterocycles. The van der Waals surface area contributed by atoms with E-state index in [0.29, 0.717) is 36.6 Å². The number of nitrogens with one attached hydrogen (secondary N) is 2. The first-order chi connectivity index (χ1) is 11.9. The van der Waals surface area contributed by atoms with Gasteiger partial charge in [-0.2, -0.15) is 13.2 Å². The number of anilines is 2. The molecule has 2 aliphatic heterocycles. The highest BCUT2D eigenvalue weighted by molar-refractivity contribution is 6.01. The molecule has 0 spiro atoms. The van der Waals surface area contributed by atoms with Crippen LogP contribution in [0.5, 0.6) is 0 Å². The van der Waals surface area contributed by atoms with E-state index in [-0.39, 0.29) is 11.6 Å². The Morgan fingerprint density at radius 2 is 1.88 bits per heavy atom. The zero-order valence-corrected chi connectivity index (χ0v) is 13.2. The van der Waals surface area contributed by atoms with Crippen molar-refractivity contribution in [2.75, 3.05) is 25.0 Å². The predicted molar refractivity (Wildman–Crippen MR) is 87.8 cm³/mol. The highest BCUT2D eigenvalue weighted by Crippen LogP contribution is 2.44. The fourth-order valence-corrected chi connectivity index (χ4v) is 3.52. The van der Waals surface area contributed by atoms with Gasteiger partial charge in [0, 0.05) is 31.0 Å². The fraction of sp³-hybridized carbons (Fsp3) is 0.278. The molecule has 1 amide bonds. The Morgan fingerprint density at radius 3 is 2.60 bits per heavy atom. The molecule has 2 aromatic rings. The Kier molecular flexibility index (Phi) is 3.68. The normalized spacial score (nSPS) is 19.6. The number of carbonyl (C=O) groups excluding carboxylic acids is 1. The lowest BCUT2D eigenvalue weighted by Gasteiger charge is -2.30. The quantitative estimate of drug-likeness (QED) is 0.873. The van der Waals surface area contributed by atoms with Gasteiger partial charge in [0.2, 0.25) is 0 Å². The summed E-state index contributed by atoms with van der Waals surface area (Å²) in [5, 5.41) is 6.16. The molecule has 1 saturated heterocycles. The molecular formula is C18H16F3N3O. The van der Waals surface area contributed by atoms with E-state index in [1.807, 2.05) is 6.07 Å². The summed E-state index contributed by atoms with van der Waals surface area (Å²) in [6, 6.07) is 11.3. The zero-order valence-electron chi connectivity index (χ0n) is 13.2. The molecule has 0 unspecified atom stereocenters. The van der Waals surface area contributed by atoms with Gasteiger partial charge >= 0.3 is 6.18 Å². The van der Waals surface area contributed by atoms with Crippen molar-refractivity contribution >= 4 is 17.3 Å². The van der Waals surface area contributed by atoms with Crippen LogP contribution in [0.15, 0.2) is 42.5 Å². The first-order valence-corrected chi connectivity index (χ1v) is 8.04. The summed E-state index contributed by atoms with van der Waals surface area (Å²) < 4.78 is 40.8. The van der Waals surface area contributed by atoms with Crippen molar-refractivity contribution in [1.82, 2.24) is 10.2 Å². The SMILES string of the molecule is O=C1c2c(cc(Nc3ccccc3)cc2C(F)(F)F)[C@@H]2CNCCN12. The van der Waals surface area contributed by atoms with Gasteiger partial charge in [0.25, 0.3) is 5.91 Å². The number of benzene rings is 2. The highest BCUT2D eigenvalue weighted by Gasteiger charge is 2.45. The highest BCUT2D eigenvalue weighted by atomic mass is 19.4. The summed E-state index contributed by atoms with van der Waals surface area (Å²) in [7, 11) is 0. The van der Waals surface area contributed by atoms with E-state index in [4.69, 9.17) is 0 Å². The largest absolute Gasteiger partial charge is 0.417 e. The summed E-state index contributed by atoms with van der Waals surface area (Å²) in [5.41, 5.74) is 0.379. The smallest absolute Gasteiger partial charge is 0.356 e. The Bertz CT molecular complexity index is 820. The number of hydrogen-bond donors (Lipinski definition) is 2. The molecule has 4 nitrogen and oxygen atoms in total. The van der Waals surface area contributed by atoms with Gasteiger partial charge < -0.3 is 15.5 Å². The molecule has 0 saturated carbocycles. The number of fused-ring (bicyclic) bond motifs is 3. The van der Waals surface area contributed by atoms with Gasteiger partial charge in [-0.1, -0.05) is 18.2 Å². The molecular weight excluding hydrogens is 331 g/mol. The third-order valence-electron chi connectivity index (χ3n) is 4.61. The molecule has 1 atom stereocenters. The van der Waals surface area contributed by atoms with Gasteiger partial charge in [0.05, 0.1) is 17.2 Å². The molecule has 4 rings (SSSR count). The van der Waals surface area contributed by atoms with Crippen molar-refractivity contribution in [3.05, 3.63) is 59.2 Å². The lowest BCUT2D eigenvalue weighted by molar-refractivity contribution is -0.137. The van der Waals surface area contributed by atoms with Crippen molar-refractivity contribution in [3.63, 3.8) is 0 Å². The molecule has 0 bridgehead atoms. The van der Waals surface area contributed by atoms with Crippen LogP contribution in [0.2, 0.25) is 0 Å². The van der Waals surface area contributed by atoms with Gasteiger partial charge in [-0.3, -0.25) is 4.79 Å². The van der Waals surface area contributed by atoms with Gasteiger partial charge in [-0.15, -0.1) is 0 Å². The summed E-state index contributed by atoms with van der Waals surface area (Å²) in [5.74, 6) is -0.528. The van der Waals surface area contributed by atoms with Gasteiger partial charge in [-0.05, 0) is 29.8 Å². The lowest BCUT2D eigenvalue weighted by atomic mass is 9.97. The molecule has 2 aromatic carbocycles. The van der Waals surface area contributed by atoms with E-state index < -0.39 is 17.6 Å². The molecule has 2 N–H and O–H groups in total. The van der Waals surface area contributed by atoms with Crippen LogP contribution in [0.1, 0.15) is 27.5 Å². The maximum atomic E-state index is 13.6. The molecule has 0 aliphatic carbocycles. The number of amides is 1. The van der Waals surface area contributed by atoms with E-state index in [1.54, 1.807) is 30.3 Å². The van der Waals surface area contributed by atoms with Gasteiger partial charge in [0.1, 0.15) is 0 Å². The Morgan fingerprint density at radius 1 is 1.12 bits per heavy atom. The summed E-state index contributed by atoms with van der Waals surface area (Å²) in [6.07, 6.45) is -4.59. The number of piperazine rings is 1. The molecule has 7 heteroatoms. The molecule has 25 heavy (non-hydrogen) atoms. The fourth-order valence-electron chi connectivity index (χ4n) is 3.52. The van der Waals surface area contributed by atoms with Crippen molar-refractivity contribution in [2.45, 2.75) is 12.2 Å². The van der Waals surface area contributed by atoms with Gasteiger partial charge in [0.15, 0.2) is 0 Å². The standard InChI is InChI=1S/C18H16F3N3O/c19-18(20,21)14-9-12(23-11-4-2-1-3-5-11)8-13-15-10-22-6-7-24(15)17(25)16(13)14/h1-5,8-9,15,22-23H,6-7,10H2/t15-/m0/s1. The second-order valence-corrected chi connectivity index (χ2v) is 6.20. The van der Waals surface area contributed by atoms with Crippen molar-refractivity contribution in [1.29, 1.82) is 0 Å². The maximum Gasteiger partial charge on any atom is 0.417 e. The van der Waals surface area contributed by atoms with E-state index in [2.05, 4.69) is 10.6 Å². The minimum absolute atomic E-state index is 0.209. The first-order valence-electron chi connectivity index (χ1n) is 8.04. The van der Waals surface area contributed by atoms with Crippen LogP contribution in [0, 0.1) is 0 Å². The zero-order chi connectivity index (χ0) is 17.6. The summed E-state index contributed by atoms with van der Waals surface area (Å²) in [6.45, 7) is 1.47. The number of para-hydroxylation sites is 1. The van der Waals surface area contributed by atoms with E-state index in [0.717, 1.165) is 6.07 Å². The van der Waals surface area contributed by atoms with E-state index in [1.165, 1.54) is 4.90 Å². The third-order valence-corrected chi connectivity index (χ3v) is 4.61. The molecule has 130 valence electrons. The number of alkyl halides is 3. The average Bonchev–Trinajstić information content (AvgIpc) is 2.88. The molecule has 1 fully saturated rings. The minimum atomic E-state index is -4.59. The lowest BCUT2D eigenvalue weighted by Crippen LogP contribution is -2.44. The Hall–Kier alpha value is -2.54. The topological polar surface area (TPSA) is 44.4 Å². The number of nitrogens with zero attached hydrogens (tertiary/aromatic N) is 1. The Balaban J connectivity index is 1.83. The monoisotopic (exact) mass is 347 g/mol. The number of carbonyl (C=O) groups is 1. The maximum absolute atomic E-state index is 13.6. The van der Waals surface area contributed by atoms with Crippen molar-refractivity contribution in [3.8, 4) is 0 Å². The van der Waals surface area contributed by atoms with Gasteiger partial charge in [-0.25, -0.2) is 0 Å². The van der Waals surface area contributed by atoms with Crippen LogP contribution in [0.25, 0.3) is 0 Å². The molecule has 2 aliphatic rings. The minimum Gasteiger partial charge on any atom is -0.356 e. The summed E-state index contributed by atoms with van der Waals surface area (Å²) in [4.78, 5) is 14.1. The second-order valence-electron chi connectivity index (χ2n) is 6.20. The number of rotatable bonds is 2. The number of hydrogen-bond acceptors (Lipinski definition) is 3. The number of halogens is 3.